The number of hydrogen-bond donors (Lipinski definition) is 0. The van der Waals surface area contributed by atoms with E-state index in [0.29, 0.717) is 19.8 Å². The van der Waals surface area contributed by atoms with Gasteiger partial charge in [-0.3, -0.25) is 0 Å². The zero-order valence-electron chi connectivity index (χ0n) is 7.63. The quantitative estimate of drug-likeness (QED) is 0.621. The Bertz CT molecular complexity index is 77.3. The van der Waals surface area contributed by atoms with Crippen LogP contribution in [0.1, 0.15) is 43.6 Å². The minimum atomic E-state index is 0. The molecule has 0 bridgehead atoms. The van der Waals surface area contributed by atoms with E-state index in [9.17, 15) is 0 Å². The molecule has 100 valence electrons. The smallest absolute Gasteiger partial charge is 0.0781 e. The summed E-state index contributed by atoms with van der Waals surface area (Å²) in [5.41, 5.74) is 0. The van der Waals surface area contributed by atoms with Crippen molar-refractivity contribution in [1.82, 2.24) is 0 Å². The molecule has 0 saturated heterocycles. The second-order valence-corrected chi connectivity index (χ2v) is 2.33. The summed E-state index contributed by atoms with van der Waals surface area (Å²) in [6.45, 7) is 6.67. The lowest BCUT2D eigenvalue weighted by atomic mass is 10.4. The van der Waals surface area contributed by atoms with Crippen molar-refractivity contribution in [3.8, 4) is 0 Å². The number of rotatable bonds is 7. The topological polar surface area (TPSA) is 27.7 Å². The highest BCUT2D eigenvalue weighted by atomic mass is 16.5. The van der Waals surface area contributed by atoms with Crippen LogP contribution in [0.25, 0.3) is 0 Å². The van der Waals surface area contributed by atoms with Gasteiger partial charge in [-0.1, -0.05) is 29.7 Å². The molecule has 0 heterocycles. The first-order chi connectivity index (χ1) is 5.31. The molecule has 0 spiro atoms. The van der Waals surface area contributed by atoms with Crippen LogP contribution in [0.3, 0.4) is 0 Å². The first-order valence-electron chi connectivity index (χ1n) is 3.99. The molecule has 0 fully saturated rings. The molecule has 0 aliphatic heterocycles. The van der Waals surface area contributed by atoms with Crippen LogP contribution in [0.15, 0.2) is 0 Å². The lowest BCUT2D eigenvalue weighted by Gasteiger charge is -2.11. The summed E-state index contributed by atoms with van der Waals surface area (Å²) in [5, 5.41) is 0. The average molecular weight is 226 g/mol. The molecule has 0 radical (unpaired) electrons. The summed E-state index contributed by atoms with van der Waals surface area (Å²) in [4.78, 5) is 0. The fourth-order valence-corrected chi connectivity index (χ4v) is 0.665. The Morgan fingerprint density at radius 2 is 1.53 bits per heavy atom. The standard InChI is InChI=1S/C8H18O3.4CH4/c1-4-10-7-8(2)11-6-5-9-3;;;;/h8H,4-7H2,1-3H3;4*1H4. The lowest BCUT2D eigenvalue weighted by molar-refractivity contribution is -0.0211. The van der Waals surface area contributed by atoms with Crippen molar-refractivity contribution in [1.29, 1.82) is 0 Å². The monoisotopic (exact) mass is 226 g/mol. The minimum absolute atomic E-state index is 0. The van der Waals surface area contributed by atoms with Gasteiger partial charge in [-0.25, -0.2) is 0 Å². The zero-order chi connectivity index (χ0) is 8.53. The van der Waals surface area contributed by atoms with Crippen LogP contribution in [0, 0.1) is 0 Å². The van der Waals surface area contributed by atoms with Gasteiger partial charge in [0.2, 0.25) is 0 Å². The second kappa shape index (κ2) is 23.6. The van der Waals surface area contributed by atoms with Crippen molar-refractivity contribution in [2.45, 2.75) is 49.7 Å². The summed E-state index contributed by atoms with van der Waals surface area (Å²) in [5.74, 6) is 0. The van der Waals surface area contributed by atoms with Crippen molar-refractivity contribution in [3.05, 3.63) is 0 Å². The molecule has 0 aliphatic rings. The largest absolute Gasteiger partial charge is 0.382 e. The molecule has 0 aromatic rings. The lowest BCUT2D eigenvalue weighted by Crippen LogP contribution is -2.18. The van der Waals surface area contributed by atoms with Crippen molar-refractivity contribution < 1.29 is 14.2 Å². The minimum Gasteiger partial charge on any atom is -0.382 e. The van der Waals surface area contributed by atoms with Gasteiger partial charge in [-0.2, -0.15) is 0 Å². The van der Waals surface area contributed by atoms with Crippen LogP contribution in [0.2, 0.25) is 0 Å². The zero-order valence-corrected chi connectivity index (χ0v) is 7.63. The maximum absolute atomic E-state index is 5.33. The van der Waals surface area contributed by atoms with Gasteiger partial charge < -0.3 is 14.2 Å². The Morgan fingerprint density at radius 1 is 1.00 bits per heavy atom. The molecule has 0 aliphatic carbocycles. The molecule has 0 N–H and O–H groups in total. The van der Waals surface area contributed by atoms with Gasteiger partial charge >= 0.3 is 0 Å². The van der Waals surface area contributed by atoms with E-state index in [4.69, 9.17) is 14.2 Å². The Kier molecular flexibility index (Phi) is 46.2. The van der Waals surface area contributed by atoms with Gasteiger partial charge in [0.25, 0.3) is 0 Å². The van der Waals surface area contributed by atoms with E-state index in [-0.39, 0.29) is 35.8 Å². The van der Waals surface area contributed by atoms with Crippen LogP contribution in [0.4, 0.5) is 0 Å². The van der Waals surface area contributed by atoms with E-state index < -0.39 is 0 Å². The Morgan fingerprint density at radius 3 is 1.93 bits per heavy atom. The van der Waals surface area contributed by atoms with E-state index in [2.05, 4.69) is 0 Å². The van der Waals surface area contributed by atoms with Crippen molar-refractivity contribution in [2.24, 2.45) is 0 Å². The highest BCUT2D eigenvalue weighted by molar-refractivity contribution is 4.45. The average Bonchev–Trinajstić information content (AvgIpc) is 2.01. The van der Waals surface area contributed by atoms with Crippen LogP contribution < -0.4 is 0 Å². The first kappa shape index (κ1) is 29.4. The summed E-state index contributed by atoms with van der Waals surface area (Å²) in [7, 11) is 1.66. The van der Waals surface area contributed by atoms with Gasteiger partial charge in [-0.15, -0.1) is 0 Å². The van der Waals surface area contributed by atoms with Gasteiger partial charge in [0.1, 0.15) is 0 Å². The molecule has 0 rings (SSSR count). The third kappa shape index (κ3) is 24.8. The molecular weight excluding hydrogens is 192 g/mol. The first-order valence-corrected chi connectivity index (χ1v) is 3.99. The Balaban J connectivity index is -0.0000000833. The third-order valence-electron chi connectivity index (χ3n) is 1.25. The van der Waals surface area contributed by atoms with Gasteiger partial charge in [-0.05, 0) is 13.8 Å². The molecule has 3 nitrogen and oxygen atoms in total. The number of ether oxygens (including phenoxy) is 3. The number of methoxy groups -OCH3 is 1. The third-order valence-corrected chi connectivity index (χ3v) is 1.25. The molecule has 0 amide bonds. The van der Waals surface area contributed by atoms with E-state index >= 15 is 0 Å². The van der Waals surface area contributed by atoms with Crippen LogP contribution in [-0.4, -0.2) is 39.6 Å². The molecule has 0 saturated carbocycles. The summed E-state index contributed by atoms with van der Waals surface area (Å²) in [6, 6.07) is 0. The van der Waals surface area contributed by atoms with Crippen LogP contribution in [0.5, 0.6) is 0 Å². The van der Waals surface area contributed by atoms with Gasteiger partial charge in [0, 0.05) is 13.7 Å². The summed E-state index contributed by atoms with van der Waals surface area (Å²) in [6.07, 6.45) is 0.171. The maximum Gasteiger partial charge on any atom is 0.0781 e. The van der Waals surface area contributed by atoms with Crippen LogP contribution >= 0.6 is 0 Å². The number of hydrogen-bond acceptors (Lipinski definition) is 3. The molecule has 1 atom stereocenters. The molecule has 0 aromatic carbocycles. The molecule has 3 heteroatoms. The molecule has 15 heavy (non-hydrogen) atoms. The van der Waals surface area contributed by atoms with Gasteiger partial charge in [0.05, 0.1) is 25.9 Å². The predicted molar refractivity (Wildman–Crippen MR) is 70.7 cm³/mol. The maximum atomic E-state index is 5.33. The second-order valence-electron chi connectivity index (χ2n) is 2.33. The predicted octanol–water partition coefficient (Wildman–Crippen LogP) is 3.62. The van der Waals surface area contributed by atoms with Gasteiger partial charge in [0.15, 0.2) is 0 Å². The highest BCUT2D eigenvalue weighted by Crippen LogP contribution is 1.91. The SMILES string of the molecule is C.C.C.C.CCOCC(C)OCCOC. The van der Waals surface area contributed by atoms with Crippen LogP contribution in [-0.2, 0) is 14.2 Å². The highest BCUT2D eigenvalue weighted by Gasteiger charge is 1.99. The fourth-order valence-electron chi connectivity index (χ4n) is 0.665. The molecule has 1 unspecified atom stereocenters. The molecular formula is C12H34O3. The summed E-state index contributed by atoms with van der Waals surface area (Å²) < 4.78 is 15.3. The normalized spacial score (nSPS) is 9.80. The van der Waals surface area contributed by atoms with E-state index in [0.717, 1.165) is 6.61 Å². The molecule has 0 aromatic heterocycles. The van der Waals surface area contributed by atoms with Crippen molar-refractivity contribution in [2.75, 3.05) is 33.5 Å². The van der Waals surface area contributed by atoms with Crippen molar-refractivity contribution in [3.63, 3.8) is 0 Å². The van der Waals surface area contributed by atoms with E-state index in [1.165, 1.54) is 0 Å². The van der Waals surface area contributed by atoms with Crippen molar-refractivity contribution >= 4 is 0 Å². The summed E-state index contributed by atoms with van der Waals surface area (Å²) >= 11 is 0. The van der Waals surface area contributed by atoms with E-state index in [1.807, 2.05) is 13.8 Å². The Labute approximate surface area is 98.1 Å². The fraction of sp³-hybridized carbons (Fsp3) is 1.00. The van der Waals surface area contributed by atoms with E-state index in [1.54, 1.807) is 7.11 Å². The Hall–Kier alpha value is -0.120.